The fourth-order valence-electron chi connectivity index (χ4n) is 1.90. The van der Waals surface area contributed by atoms with Gasteiger partial charge in [-0.25, -0.2) is 13.4 Å². The summed E-state index contributed by atoms with van der Waals surface area (Å²) in [5, 5.41) is 5.84. The monoisotopic (exact) mass is 332 g/mol. The van der Waals surface area contributed by atoms with Gasteiger partial charge in [-0.1, -0.05) is 18.5 Å². The molecule has 1 fully saturated rings. The van der Waals surface area contributed by atoms with Gasteiger partial charge in [0.1, 0.15) is 10.7 Å². The van der Waals surface area contributed by atoms with E-state index in [1.54, 1.807) is 0 Å². The summed E-state index contributed by atoms with van der Waals surface area (Å²) in [4.78, 5) is 15.4. The van der Waals surface area contributed by atoms with Gasteiger partial charge in [0.15, 0.2) is 0 Å². The molecule has 1 saturated heterocycles. The first-order valence-electron chi connectivity index (χ1n) is 6.61. The van der Waals surface area contributed by atoms with Crippen molar-refractivity contribution in [3.8, 4) is 0 Å². The van der Waals surface area contributed by atoms with E-state index in [0.29, 0.717) is 18.9 Å². The van der Waals surface area contributed by atoms with Crippen molar-refractivity contribution < 1.29 is 13.2 Å². The molecule has 0 aromatic carbocycles. The van der Waals surface area contributed by atoms with Crippen LogP contribution in [0.4, 0.5) is 5.82 Å². The standard InChI is InChI=1S/C12H17ClN4O3S/c1-2-3-15-12-10(13)6-9(7-16-12)21(19,20)17-5-4-14-11(18)8-17/h6-7H,2-5,8H2,1H3,(H,14,18)(H,15,16). The molecule has 1 amide bonds. The van der Waals surface area contributed by atoms with Crippen molar-refractivity contribution in [2.24, 2.45) is 0 Å². The van der Waals surface area contributed by atoms with Crippen LogP contribution >= 0.6 is 11.6 Å². The lowest BCUT2D eigenvalue weighted by molar-refractivity contribution is -0.122. The summed E-state index contributed by atoms with van der Waals surface area (Å²) in [6, 6.07) is 1.36. The Morgan fingerprint density at radius 1 is 1.52 bits per heavy atom. The van der Waals surface area contributed by atoms with E-state index in [1.165, 1.54) is 12.3 Å². The molecule has 21 heavy (non-hydrogen) atoms. The summed E-state index contributed by atoms with van der Waals surface area (Å²) in [5.41, 5.74) is 0. The van der Waals surface area contributed by atoms with Crippen LogP contribution < -0.4 is 10.6 Å². The Morgan fingerprint density at radius 3 is 2.90 bits per heavy atom. The summed E-state index contributed by atoms with van der Waals surface area (Å²) in [6.45, 7) is 3.05. The molecule has 0 saturated carbocycles. The highest BCUT2D eigenvalue weighted by molar-refractivity contribution is 7.89. The van der Waals surface area contributed by atoms with E-state index >= 15 is 0 Å². The molecule has 1 aliphatic heterocycles. The highest BCUT2D eigenvalue weighted by atomic mass is 35.5. The normalized spacial score (nSPS) is 16.6. The van der Waals surface area contributed by atoms with Gasteiger partial charge in [0.2, 0.25) is 15.9 Å². The maximum absolute atomic E-state index is 12.4. The van der Waals surface area contributed by atoms with E-state index in [-0.39, 0.29) is 28.9 Å². The van der Waals surface area contributed by atoms with Crippen molar-refractivity contribution in [3.05, 3.63) is 17.3 Å². The third-order valence-electron chi connectivity index (χ3n) is 3.00. The van der Waals surface area contributed by atoms with Gasteiger partial charge >= 0.3 is 0 Å². The quantitative estimate of drug-likeness (QED) is 0.827. The Morgan fingerprint density at radius 2 is 2.29 bits per heavy atom. The Hall–Kier alpha value is -1.38. The number of halogens is 1. The second-order valence-electron chi connectivity index (χ2n) is 4.62. The topological polar surface area (TPSA) is 91.4 Å². The van der Waals surface area contributed by atoms with E-state index in [2.05, 4.69) is 15.6 Å². The van der Waals surface area contributed by atoms with E-state index in [4.69, 9.17) is 11.6 Å². The fraction of sp³-hybridized carbons (Fsp3) is 0.500. The number of amides is 1. The van der Waals surface area contributed by atoms with E-state index < -0.39 is 10.0 Å². The van der Waals surface area contributed by atoms with Crippen LogP contribution in [0.15, 0.2) is 17.2 Å². The van der Waals surface area contributed by atoms with Gasteiger partial charge in [0.25, 0.3) is 0 Å². The number of piperazine rings is 1. The molecule has 1 aromatic heterocycles. The van der Waals surface area contributed by atoms with Crippen LogP contribution in [0.2, 0.25) is 5.02 Å². The third-order valence-corrected chi connectivity index (χ3v) is 5.10. The maximum Gasteiger partial charge on any atom is 0.245 e. The van der Waals surface area contributed by atoms with Crippen LogP contribution in [-0.2, 0) is 14.8 Å². The lowest BCUT2D eigenvalue weighted by Crippen LogP contribution is -2.49. The molecular formula is C12H17ClN4O3S. The number of aromatic nitrogens is 1. The van der Waals surface area contributed by atoms with E-state index in [0.717, 1.165) is 10.7 Å². The van der Waals surface area contributed by atoms with E-state index in [9.17, 15) is 13.2 Å². The molecule has 0 aliphatic carbocycles. The first kappa shape index (κ1) is 16.0. The molecule has 0 radical (unpaired) electrons. The number of nitrogens with zero attached hydrogens (tertiary/aromatic N) is 2. The fourth-order valence-corrected chi connectivity index (χ4v) is 3.57. The van der Waals surface area contributed by atoms with Crippen molar-refractivity contribution in [2.75, 3.05) is 31.5 Å². The van der Waals surface area contributed by atoms with Crippen molar-refractivity contribution in [2.45, 2.75) is 18.2 Å². The van der Waals surface area contributed by atoms with Crippen LogP contribution in [-0.4, -0.2) is 49.8 Å². The number of anilines is 1. The molecule has 9 heteroatoms. The minimum Gasteiger partial charge on any atom is -0.369 e. The number of pyridine rings is 1. The number of sulfonamides is 1. The predicted molar refractivity (Wildman–Crippen MR) is 79.8 cm³/mol. The number of carbonyl (C=O) groups excluding carboxylic acids is 1. The molecule has 2 N–H and O–H groups in total. The number of hydrogen-bond donors (Lipinski definition) is 2. The Bertz CT molecular complexity index is 635. The minimum atomic E-state index is -3.76. The Balaban J connectivity index is 2.24. The second kappa shape index (κ2) is 6.59. The van der Waals surface area contributed by atoms with Gasteiger partial charge in [-0.3, -0.25) is 4.79 Å². The highest BCUT2D eigenvalue weighted by Crippen LogP contribution is 2.24. The van der Waals surface area contributed by atoms with Crippen LogP contribution in [0.1, 0.15) is 13.3 Å². The molecule has 0 spiro atoms. The molecule has 0 unspecified atom stereocenters. The molecule has 1 aromatic rings. The van der Waals surface area contributed by atoms with Crippen LogP contribution in [0.3, 0.4) is 0 Å². The first-order valence-corrected chi connectivity index (χ1v) is 8.43. The van der Waals surface area contributed by atoms with Crippen molar-refractivity contribution in [1.29, 1.82) is 0 Å². The minimum absolute atomic E-state index is 0.00996. The van der Waals surface area contributed by atoms with Gasteiger partial charge in [-0.2, -0.15) is 4.31 Å². The summed E-state index contributed by atoms with van der Waals surface area (Å²) in [6.07, 6.45) is 2.16. The average molecular weight is 333 g/mol. The Labute approximate surface area is 128 Å². The molecule has 0 bridgehead atoms. The van der Waals surface area contributed by atoms with Crippen LogP contribution in [0.25, 0.3) is 0 Å². The zero-order valence-electron chi connectivity index (χ0n) is 11.6. The second-order valence-corrected chi connectivity index (χ2v) is 6.96. The summed E-state index contributed by atoms with van der Waals surface area (Å²) >= 11 is 6.05. The van der Waals surface area contributed by atoms with Gasteiger partial charge in [0.05, 0.1) is 11.6 Å². The van der Waals surface area contributed by atoms with Crippen molar-refractivity contribution in [1.82, 2.24) is 14.6 Å². The van der Waals surface area contributed by atoms with Gasteiger partial charge < -0.3 is 10.6 Å². The number of rotatable bonds is 5. The van der Waals surface area contributed by atoms with Crippen molar-refractivity contribution >= 4 is 33.3 Å². The van der Waals surface area contributed by atoms with E-state index in [1.807, 2.05) is 6.92 Å². The lowest BCUT2D eigenvalue weighted by atomic mass is 10.4. The zero-order valence-corrected chi connectivity index (χ0v) is 13.2. The largest absolute Gasteiger partial charge is 0.369 e. The number of carbonyl (C=O) groups is 1. The summed E-state index contributed by atoms with van der Waals surface area (Å²) < 4.78 is 26.0. The molecule has 2 heterocycles. The van der Waals surface area contributed by atoms with Crippen LogP contribution in [0, 0.1) is 0 Å². The van der Waals surface area contributed by atoms with Gasteiger partial charge in [-0.05, 0) is 12.5 Å². The number of nitrogens with one attached hydrogen (secondary N) is 2. The molecule has 1 aliphatic rings. The molecule has 0 atom stereocenters. The zero-order chi connectivity index (χ0) is 15.5. The molecule has 2 rings (SSSR count). The van der Waals surface area contributed by atoms with Crippen LogP contribution in [0.5, 0.6) is 0 Å². The predicted octanol–water partition coefficient (Wildman–Crippen LogP) is 0.677. The summed E-state index contributed by atoms with van der Waals surface area (Å²) in [5.74, 6) is 0.138. The maximum atomic E-state index is 12.4. The smallest absolute Gasteiger partial charge is 0.245 e. The first-order chi connectivity index (χ1) is 9.95. The van der Waals surface area contributed by atoms with Crippen molar-refractivity contribution in [3.63, 3.8) is 0 Å². The SMILES string of the molecule is CCCNc1ncc(S(=O)(=O)N2CCNC(=O)C2)cc1Cl. The third kappa shape index (κ3) is 3.63. The summed E-state index contributed by atoms with van der Waals surface area (Å²) in [7, 11) is -3.76. The Kier molecular flexibility index (Phi) is 5.02. The molecular weight excluding hydrogens is 316 g/mol. The average Bonchev–Trinajstić information content (AvgIpc) is 2.46. The lowest BCUT2D eigenvalue weighted by Gasteiger charge is -2.25. The number of hydrogen-bond acceptors (Lipinski definition) is 5. The van der Waals surface area contributed by atoms with Gasteiger partial charge in [0, 0.05) is 25.8 Å². The van der Waals surface area contributed by atoms with Gasteiger partial charge in [-0.15, -0.1) is 0 Å². The molecule has 7 nitrogen and oxygen atoms in total. The highest BCUT2D eigenvalue weighted by Gasteiger charge is 2.29. The molecule has 116 valence electrons.